The molecular formula is C25H22N4O. The van der Waals surface area contributed by atoms with Crippen LogP contribution in [-0.2, 0) is 0 Å². The van der Waals surface area contributed by atoms with E-state index < -0.39 is 0 Å². The van der Waals surface area contributed by atoms with Gasteiger partial charge in [0.1, 0.15) is 11.8 Å². The Morgan fingerprint density at radius 3 is 2.17 bits per heavy atom. The van der Waals surface area contributed by atoms with E-state index in [1.54, 1.807) is 7.11 Å². The second kappa shape index (κ2) is 7.95. The molecule has 148 valence electrons. The molecular weight excluding hydrogens is 372 g/mol. The molecule has 2 unspecified atom stereocenters. The Bertz CT molecular complexity index is 1150. The average Bonchev–Trinajstić information content (AvgIpc) is 3.48. The quantitative estimate of drug-likeness (QED) is 0.405. The van der Waals surface area contributed by atoms with Gasteiger partial charge < -0.3 is 4.74 Å². The molecule has 1 aliphatic rings. The molecule has 4 aromatic rings. The molecule has 1 aliphatic heterocycles. The van der Waals surface area contributed by atoms with Crippen molar-refractivity contribution in [2.75, 3.05) is 7.11 Å². The van der Waals surface area contributed by atoms with Crippen molar-refractivity contribution in [3.05, 3.63) is 102 Å². The van der Waals surface area contributed by atoms with Crippen LogP contribution in [0.15, 0.2) is 101 Å². The van der Waals surface area contributed by atoms with Gasteiger partial charge in [-0.3, -0.25) is 0 Å². The lowest BCUT2D eigenvalue weighted by Gasteiger charge is -2.10. The lowest BCUT2D eigenvalue weighted by Crippen LogP contribution is -1.97. The fraction of sp³-hybridized carbons (Fsp3) is 0.160. The highest BCUT2D eigenvalue weighted by atomic mass is 16.5. The van der Waals surface area contributed by atoms with E-state index in [0.717, 1.165) is 40.2 Å². The number of rotatable bonds is 5. The lowest BCUT2D eigenvalue weighted by atomic mass is 9.96. The summed E-state index contributed by atoms with van der Waals surface area (Å²) in [6, 6.07) is 28.6. The fourth-order valence-electron chi connectivity index (χ4n) is 3.85. The van der Waals surface area contributed by atoms with Crippen LogP contribution in [0.1, 0.15) is 29.6 Å². The third-order valence-electron chi connectivity index (χ3n) is 5.46. The standard InChI is InChI=1S/C25H22N4O/c1-30-21-14-12-18(13-15-21)23-16-24(27-26-23)22-17-29(20-10-6-3-7-11-20)28-25(22)19-8-4-2-5-9-19/h2-15,17,23-24H,16H2,1H3. The van der Waals surface area contributed by atoms with Crippen LogP contribution in [0, 0.1) is 0 Å². The normalized spacial score (nSPS) is 17.9. The van der Waals surface area contributed by atoms with E-state index in [4.69, 9.17) is 9.84 Å². The number of nitrogens with zero attached hydrogens (tertiary/aromatic N) is 4. The van der Waals surface area contributed by atoms with Crippen LogP contribution >= 0.6 is 0 Å². The average molecular weight is 394 g/mol. The molecule has 3 aromatic carbocycles. The van der Waals surface area contributed by atoms with Crippen LogP contribution in [0.3, 0.4) is 0 Å². The van der Waals surface area contributed by atoms with Gasteiger partial charge in [0.25, 0.3) is 0 Å². The first-order valence-corrected chi connectivity index (χ1v) is 10.1. The van der Waals surface area contributed by atoms with Crippen molar-refractivity contribution in [3.63, 3.8) is 0 Å². The predicted molar refractivity (Wildman–Crippen MR) is 117 cm³/mol. The zero-order chi connectivity index (χ0) is 20.3. The highest BCUT2D eigenvalue weighted by molar-refractivity contribution is 5.64. The van der Waals surface area contributed by atoms with Gasteiger partial charge in [-0.1, -0.05) is 60.7 Å². The van der Waals surface area contributed by atoms with Crippen molar-refractivity contribution in [2.45, 2.75) is 18.5 Å². The third-order valence-corrected chi connectivity index (χ3v) is 5.46. The number of ether oxygens (including phenoxy) is 1. The number of azo groups is 1. The zero-order valence-electron chi connectivity index (χ0n) is 16.7. The molecule has 5 heteroatoms. The Morgan fingerprint density at radius 1 is 0.800 bits per heavy atom. The number of benzene rings is 3. The maximum absolute atomic E-state index is 5.27. The van der Waals surface area contributed by atoms with Gasteiger partial charge in [-0.2, -0.15) is 15.3 Å². The second-order valence-corrected chi connectivity index (χ2v) is 7.35. The summed E-state index contributed by atoms with van der Waals surface area (Å²) in [5.41, 5.74) is 5.33. The van der Waals surface area contributed by atoms with E-state index in [2.05, 4.69) is 52.8 Å². The molecule has 0 fully saturated rings. The summed E-state index contributed by atoms with van der Waals surface area (Å²) in [6.45, 7) is 0. The molecule has 0 spiro atoms. The van der Waals surface area contributed by atoms with E-state index in [-0.39, 0.29) is 12.1 Å². The Morgan fingerprint density at radius 2 is 1.47 bits per heavy atom. The molecule has 30 heavy (non-hydrogen) atoms. The van der Waals surface area contributed by atoms with Crippen molar-refractivity contribution in [2.24, 2.45) is 10.2 Å². The summed E-state index contributed by atoms with van der Waals surface area (Å²) < 4.78 is 7.21. The molecule has 0 aliphatic carbocycles. The van der Waals surface area contributed by atoms with Gasteiger partial charge in [-0.15, -0.1) is 0 Å². The van der Waals surface area contributed by atoms with Crippen molar-refractivity contribution < 1.29 is 4.74 Å². The molecule has 0 amide bonds. The van der Waals surface area contributed by atoms with Gasteiger partial charge in [-0.25, -0.2) is 4.68 Å². The highest BCUT2D eigenvalue weighted by Gasteiger charge is 2.29. The van der Waals surface area contributed by atoms with Crippen LogP contribution in [0.2, 0.25) is 0 Å². The maximum atomic E-state index is 5.27. The molecule has 2 heterocycles. The van der Waals surface area contributed by atoms with E-state index in [1.165, 1.54) is 0 Å². The monoisotopic (exact) mass is 394 g/mol. The van der Waals surface area contributed by atoms with Crippen LogP contribution < -0.4 is 4.74 Å². The highest BCUT2D eigenvalue weighted by Crippen LogP contribution is 2.42. The maximum Gasteiger partial charge on any atom is 0.118 e. The molecule has 5 rings (SSSR count). The van der Waals surface area contributed by atoms with Crippen LogP contribution in [0.5, 0.6) is 5.75 Å². The summed E-state index contributed by atoms with van der Waals surface area (Å²) in [6.07, 6.45) is 2.92. The van der Waals surface area contributed by atoms with Gasteiger partial charge >= 0.3 is 0 Å². The van der Waals surface area contributed by atoms with Gasteiger partial charge in [0.15, 0.2) is 0 Å². The Kier molecular flexibility index (Phi) is 4.85. The first kappa shape index (κ1) is 18.3. The van der Waals surface area contributed by atoms with Gasteiger partial charge in [0.2, 0.25) is 0 Å². The number of para-hydroxylation sites is 1. The van der Waals surface area contributed by atoms with Gasteiger partial charge in [0.05, 0.1) is 24.5 Å². The molecule has 1 aromatic heterocycles. The summed E-state index contributed by atoms with van der Waals surface area (Å²) in [4.78, 5) is 0. The minimum absolute atomic E-state index is 0.0234. The summed E-state index contributed by atoms with van der Waals surface area (Å²) in [5.74, 6) is 0.848. The van der Waals surface area contributed by atoms with E-state index in [0.29, 0.717) is 0 Å². The van der Waals surface area contributed by atoms with Crippen molar-refractivity contribution >= 4 is 0 Å². The lowest BCUT2D eigenvalue weighted by molar-refractivity contribution is 0.414. The summed E-state index contributed by atoms with van der Waals surface area (Å²) in [7, 11) is 1.68. The molecule has 0 N–H and O–H groups in total. The second-order valence-electron chi connectivity index (χ2n) is 7.35. The van der Waals surface area contributed by atoms with Gasteiger partial charge in [-0.05, 0) is 29.8 Å². The smallest absolute Gasteiger partial charge is 0.118 e. The van der Waals surface area contributed by atoms with Crippen LogP contribution in [0.4, 0.5) is 0 Å². The SMILES string of the molecule is COc1ccc(C2CC(c3cn(-c4ccccc4)nc3-c3ccccc3)N=N2)cc1. The van der Waals surface area contributed by atoms with Crippen molar-refractivity contribution in [3.8, 4) is 22.7 Å². The minimum atomic E-state index is -0.0234. The molecule has 2 atom stereocenters. The first-order valence-electron chi connectivity index (χ1n) is 10.1. The van der Waals surface area contributed by atoms with Crippen LogP contribution in [0.25, 0.3) is 16.9 Å². The van der Waals surface area contributed by atoms with Gasteiger partial charge in [0, 0.05) is 23.7 Å². The zero-order valence-corrected chi connectivity index (χ0v) is 16.7. The summed E-state index contributed by atoms with van der Waals surface area (Å²) >= 11 is 0. The van der Waals surface area contributed by atoms with Crippen molar-refractivity contribution in [1.29, 1.82) is 0 Å². The molecule has 0 radical (unpaired) electrons. The minimum Gasteiger partial charge on any atom is -0.497 e. The van der Waals surface area contributed by atoms with E-state index in [1.807, 2.05) is 53.2 Å². The Labute approximate surface area is 175 Å². The fourth-order valence-corrected chi connectivity index (χ4v) is 3.85. The number of hydrogen-bond acceptors (Lipinski definition) is 4. The molecule has 0 saturated carbocycles. The van der Waals surface area contributed by atoms with E-state index in [9.17, 15) is 0 Å². The Hall–Kier alpha value is -3.73. The van der Waals surface area contributed by atoms with Crippen LogP contribution in [-0.4, -0.2) is 16.9 Å². The number of hydrogen-bond donors (Lipinski definition) is 0. The Balaban J connectivity index is 1.49. The topological polar surface area (TPSA) is 51.8 Å². The van der Waals surface area contributed by atoms with Crippen molar-refractivity contribution in [1.82, 2.24) is 9.78 Å². The molecule has 0 bridgehead atoms. The third kappa shape index (κ3) is 3.50. The summed E-state index contributed by atoms with van der Waals surface area (Å²) in [5, 5.41) is 14.1. The predicted octanol–water partition coefficient (Wildman–Crippen LogP) is 6.19. The molecule has 0 saturated heterocycles. The first-order chi connectivity index (χ1) is 14.8. The molecule has 5 nitrogen and oxygen atoms in total. The number of aromatic nitrogens is 2. The largest absolute Gasteiger partial charge is 0.497 e. The number of methoxy groups -OCH3 is 1. The van der Waals surface area contributed by atoms with E-state index >= 15 is 0 Å².